The zero-order valence-electron chi connectivity index (χ0n) is 25.5. The number of carboxylic acids is 1. The number of carbonyl (C=O) groups excluding carboxylic acids is 5. The highest BCUT2D eigenvalue weighted by atomic mass is 16.4. The van der Waals surface area contributed by atoms with E-state index in [-0.39, 0.29) is 31.2 Å². The molecule has 2 saturated heterocycles. The number of hydrogen-bond acceptors (Lipinski definition) is 6. The van der Waals surface area contributed by atoms with Gasteiger partial charge in [0.25, 0.3) is 0 Å². The third-order valence-electron chi connectivity index (χ3n) is 8.15. The average molecular weight is 611 g/mol. The van der Waals surface area contributed by atoms with Crippen LogP contribution < -0.4 is 21.3 Å². The molecule has 0 radical (unpaired) electrons. The summed E-state index contributed by atoms with van der Waals surface area (Å²) < 4.78 is 0. The molecule has 5 atom stereocenters. The van der Waals surface area contributed by atoms with E-state index in [1.165, 1.54) is 4.90 Å². The van der Waals surface area contributed by atoms with Crippen molar-refractivity contribution in [2.45, 2.75) is 90.0 Å². The normalized spacial score (nSPS) is 25.6. The van der Waals surface area contributed by atoms with Gasteiger partial charge in [-0.05, 0) is 42.7 Å². The van der Waals surface area contributed by atoms with Crippen molar-refractivity contribution in [2.24, 2.45) is 11.8 Å². The van der Waals surface area contributed by atoms with Crippen LogP contribution in [0.3, 0.4) is 0 Å². The Kier molecular flexibility index (Phi) is 10.3. The van der Waals surface area contributed by atoms with Crippen LogP contribution in [0.2, 0.25) is 0 Å². The quantitative estimate of drug-likeness (QED) is 0.268. The highest BCUT2D eigenvalue weighted by Gasteiger charge is 2.41. The van der Waals surface area contributed by atoms with Crippen molar-refractivity contribution in [3.05, 3.63) is 36.0 Å². The molecule has 13 heteroatoms. The minimum absolute atomic E-state index is 0.00858. The Morgan fingerprint density at radius 3 is 2.23 bits per heavy atom. The number of aromatic nitrogens is 1. The number of fused-ring (bicyclic) bond motifs is 2. The van der Waals surface area contributed by atoms with Gasteiger partial charge in [-0.2, -0.15) is 0 Å². The molecule has 6 N–H and O–H groups in total. The van der Waals surface area contributed by atoms with Crippen molar-refractivity contribution in [3.8, 4) is 0 Å². The number of amides is 5. The van der Waals surface area contributed by atoms with E-state index in [1.54, 1.807) is 20.0 Å². The molecule has 44 heavy (non-hydrogen) atoms. The van der Waals surface area contributed by atoms with Gasteiger partial charge in [-0.15, -0.1) is 0 Å². The smallest absolute Gasteiger partial charge is 0.305 e. The minimum atomic E-state index is -1.48. The molecule has 1 aromatic carbocycles. The number of aliphatic carboxylic acids is 1. The maximum atomic E-state index is 13.8. The average Bonchev–Trinajstić information content (AvgIpc) is 3.61. The molecule has 0 spiro atoms. The van der Waals surface area contributed by atoms with Crippen molar-refractivity contribution in [3.63, 3.8) is 0 Å². The number of nitrogens with one attached hydrogen (secondary N) is 5. The van der Waals surface area contributed by atoms with Crippen LogP contribution in [-0.4, -0.2) is 87.2 Å². The molecular weight excluding hydrogens is 568 g/mol. The van der Waals surface area contributed by atoms with E-state index in [0.717, 1.165) is 16.5 Å². The van der Waals surface area contributed by atoms with E-state index in [9.17, 15) is 33.9 Å². The lowest BCUT2D eigenvalue weighted by molar-refractivity contribution is -0.146. The van der Waals surface area contributed by atoms with Crippen LogP contribution in [0.5, 0.6) is 0 Å². The standard InChI is InChI=1S/C31H42N6O7/c1-16(2)12-21-27(40)33-22(13-18-15-32-20-9-6-5-8-19(18)20)28(41)35-23(14-25(38)39)31(44)37-11-7-10-24(37)29(42)36-26(17(3)4)30(43)34-21/h5-6,8-9,15-17,21-24,26,32H,7,10-14H2,1-4H3,(H,33,40)(H,34,43)(H,35,41)(H,36,42)(H,38,39)/t21-,22-,23+,24-,26+/m0/s1. The van der Waals surface area contributed by atoms with Crippen molar-refractivity contribution in [2.75, 3.05) is 6.54 Å². The Balaban J connectivity index is 1.76. The number of rotatable bonds is 7. The number of para-hydroxylation sites is 1. The number of nitrogens with zero attached hydrogens (tertiary/aromatic N) is 1. The molecule has 0 unspecified atom stereocenters. The SMILES string of the molecule is CC(C)C[C@@H]1NC(=O)[C@@H](C(C)C)NC(=O)[C@@H]2CCCN2C(=O)[C@@H](CC(=O)O)NC(=O)[C@H](Cc2c[nH]c3ccccc23)NC1=O. The third-order valence-corrected chi connectivity index (χ3v) is 8.15. The first-order valence-corrected chi connectivity index (χ1v) is 15.1. The summed E-state index contributed by atoms with van der Waals surface area (Å²) in [4.78, 5) is 84.4. The van der Waals surface area contributed by atoms with E-state index in [1.807, 2.05) is 38.1 Å². The fraction of sp³-hybridized carbons (Fsp3) is 0.548. The molecule has 1 aromatic heterocycles. The van der Waals surface area contributed by atoms with Crippen LogP contribution in [0.25, 0.3) is 10.9 Å². The first-order chi connectivity index (χ1) is 20.8. The van der Waals surface area contributed by atoms with Gasteiger partial charge in [0.05, 0.1) is 6.42 Å². The van der Waals surface area contributed by atoms with Gasteiger partial charge in [-0.1, -0.05) is 45.9 Å². The monoisotopic (exact) mass is 610 g/mol. The predicted molar refractivity (Wildman–Crippen MR) is 161 cm³/mol. The van der Waals surface area contributed by atoms with Crippen molar-refractivity contribution in [1.29, 1.82) is 0 Å². The Labute approximate surface area is 255 Å². The van der Waals surface area contributed by atoms with E-state index >= 15 is 0 Å². The van der Waals surface area contributed by atoms with Crippen LogP contribution in [0.15, 0.2) is 30.5 Å². The van der Waals surface area contributed by atoms with E-state index in [4.69, 9.17) is 0 Å². The van der Waals surface area contributed by atoms with Gasteiger partial charge in [0.1, 0.15) is 30.2 Å². The summed E-state index contributed by atoms with van der Waals surface area (Å²) in [6, 6.07) is 1.79. The maximum Gasteiger partial charge on any atom is 0.305 e. The molecular formula is C31H42N6O7. The van der Waals surface area contributed by atoms with E-state index in [2.05, 4.69) is 26.3 Å². The maximum absolute atomic E-state index is 13.8. The van der Waals surface area contributed by atoms with Gasteiger partial charge in [0, 0.05) is 30.1 Å². The Bertz CT molecular complexity index is 1420. The highest BCUT2D eigenvalue weighted by Crippen LogP contribution is 2.22. The molecule has 0 aliphatic carbocycles. The fourth-order valence-corrected chi connectivity index (χ4v) is 5.90. The Morgan fingerprint density at radius 2 is 1.55 bits per heavy atom. The number of carbonyl (C=O) groups is 6. The topological polar surface area (TPSA) is 190 Å². The first-order valence-electron chi connectivity index (χ1n) is 15.1. The lowest BCUT2D eigenvalue weighted by Gasteiger charge is -2.30. The van der Waals surface area contributed by atoms with Gasteiger partial charge in [-0.25, -0.2) is 0 Å². The molecule has 13 nitrogen and oxygen atoms in total. The first kappa shape index (κ1) is 32.5. The van der Waals surface area contributed by atoms with Crippen molar-refractivity contribution >= 4 is 46.4 Å². The summed E-state index contributed by atoms with van der Waals surface area (Å²) in [6.07, 6.45) is 2.11. The van der Waals surface area contributed by atoms with Crippen LogP contribution in [0.1, 0.15) is 58.9 Å². The summed E-state index contributed by atoms with van der Waals surface area (Å²) >= 11 is 0. The van der Waals surface area contributed by atoms with Gasteiger partial charge in [0.2, 0.25) is 29.5 Å². The van der Waals surface area contributed by atoms with E-state index < -0.39 is 72.1 Å². The summed E-state index contributed by atoms with van der Waals surface area (Å²) in [5, 5.41) is 21.3. The summed E-state index contributed by atoms with van der Waals surface area (Å²) in [7, 11) is 0. The molecule has 238 valence electrons. The van der Waals surface area contributed by atoms with Crippen LogP contribution in [0, 0.1) is 11.8 Å². The van der Waals surface area contributed by atoms with Crippen LogP contribution in [0.4, 0.5) is 0 Å². The Hall–Kier alpha value is -4.42. The summed E-state index contributed by atoms with van der Waals surface area (Å²) in [5.74, 6) is -4.86. The third kappa shape index (κ3) is 7.56. The second-order valence-electron chi connectivity index (χ2n) is 12.4. The van der Waals surface area contributed by atoms with Crippen LogP contribution >= 0.6 is 0 Å². The molecule has 0 saturated carbocycles. The molecule has 2 aromatic rings. The minimum Gasteiger partial charge on any atom is -0.481 e. The largest absolute Gasteiger partial charge is 0.481 e. The number of aromatic amines is 1. The second-order valence-corrected chi connectivity index (χ2v) is 12.4. The second kappa shape index (κ2) is 13.9. The molecule has 0 bridgehead atoms. The predicted octanol–water partition coefficient (Wildman–Crippen LogP) is 0.831. The molecule has 2 fully saturated rings. The number of benzene rings is 1. The summed E-state index contributed by atoms with van der Waals surface area (Å²) in [6.45, 7) is 7.49. The lowest BCUT2D eigenvalue weighted by Crippen LogP contribution is -2.59. The molecule has 2 aliphatic rings. The van der Waals surface area contributed by atoms with Gasteiger partial charge in [-0.3, -0.25) is 28.8 Å². The summed E-state index contributed by atoms with van der Waals surface area (Å²) in [5.41, 5.74) is 1.55. The highest BCUT2D eigenvalue weighted by molar-refractivity contribution is 5.99. The van der Waals surface area contributed by atoms with Gasteiger partial charge < -0.3 is 36.3 Å². The molecule has 5 amide bonds. The number of hydrogen-bond donors (Lipinski definition) is 6. The van der Waals surface area contributed by atoms with E-state index in [0.29, 0.717) is 12.8 Å². The lowest BCUT2D eigenvalue weighted by atomic mass is 9.98. The van der Waals surface area contributed by atoms with Gasteiger partial charge in [0.15, 0.2) is 0 Å². The number of carboxylic acid groups (broad SMARTS) is 1. The molecule has 2 aliphatic heterocycles. The van der Waals surface area contributed by atoms with Crippen LogP contribution in [-0.2, 0) is 35.2 Å². The molecule has 3 heterocycles. The van der Waals surface area contributed by atoms with Crippen molar-refractivity contribution < 1.29 is 33.9 Å². The zero-order chi connectivity index (χ0) is 32.1. The fourth-order valence-electron chi connectivity index (χ4n) is 5.90. The zero-order valence-corrected chi connectivity index (χ0v) is 25.5. The Morgan fingerprint density at radius 1 is 0.886 bits per heavy atom. The van der Waals surface area contributed by atoms with Crippen molar-refractivity contribution in [1.82, 2.24) is 31.2 Å². The van der Waals surface area contributed by atoms with Gasteiger partial charge >= 0.3 is 5.97 Å². The molecule has 4 rings (SSSR count). The number of H-pyrrole nitrogens is 1.